The van der Waals surface area contributed by atoms with Crippen molar-refractivity contribution in [1.29, 1.82) is 0 Å². The summed E-state index contributed by atoms with van der Waals surface area (Å²) in [5.41, 5.74) is 1.86. The van der Waals surface area contributed by atoms with Crippen molar-refractivity contribution >= 4 is 33.3 Å². The average Bonchev–Trinajstić information content (AvgIpc) is 2.95. The number of nitrogens with one attached hydrogen (secondary N) is 2. The summed E-state index contributed by atoms with van der Waals surface area (Å²) >= 11 is 1.42. The summed E-state index contributed by atoms with van der Waals surface area (Å²) in [6.07, 6.45) is 3.62. The van der Waals surface area contributed by atoms with E-state index in [0.29, 0.717) is 11.2 Å². The van der Waals surface area contributed by atoms with Crippen LogP contribution in [0, 0.1) is 6.92 Å². The van der Waals surface area contributed by atoms with E-state index in [1.807, 2.05) is 31.2 Å². The van der Waals surface area contributed by atoms with Crippen molar-refractivity contribution in [2.24, 2.45) is 0 Å². The molecule has 2 aromatic rings. The molecule has 0 aliphatic carbocycles. The molecule has 7 heteroatoms. The molecular formula is C16H21N5OS. The molecule has 1 aromatic heterocycles. The van der Waals surface area contributed by atoms with E-state index in [1.54, 1.807) is 0 Å². The molecule has 1 atom stereocenters. The van der Waals surface area contributed by atoms with Gasteiger partial charge in [0.2, 0.25) is 10.3 Å². The number of piperidine rings is 1. The Balaban J connectivity index is 1.61. The minimum absolute atomic E-state index is 0.301. The minimum Gasteiger partial charge on any atom is -0.344 e. The van der Waals surface area contributed by atoms with Gasteiger partial charge < -0.3 is 10.2 Å². The van der Waals surface area contributed by atoms with Crippen LogP contribution in [0.15, 0.2) is 24.3 Å². The van der Waals surface area contributed by atoms with Crippen molar-refractivity contribution in [3.63, 3.8) is 0 Å². The fraction of sp³-hybridized carbons (Fsp3) is 0.438. The van der Waals surface area contributed by atoms with Crippen LogP contribution in [0.4, 0.5) is 20.7 Å². The van der Waals surface area contributed by atoms with Crippen molar-refractivity contribution in [2.45, 2.75) is 39.2 Å². The highest BCUT2D eigenvalue weighted by molar-refractivity contribution is 7.19. The molecule has 2 heterocycles. The number of nitrogens with zero attached hydrogens (tertiary/aromatic N) is 3. The van der Waals surface area contributed by atoms with Gasteiger partial charge in [-0.1, -0.05) is 23.5 Å². The predicted molar refractivity (Wildman–Crippen MR) is 94.4 cm³/mol. The van der Waals surface area contributed by atoms with Crippen molar-refractivity contribution in [3.8, 4) is 0 Å². The maximum atomic E-state index is 12.0. The van der Waals surface area contributed by atoms with Gasteiger partial charge in [-0.25, -0.2) is 4.79 Å². The second kappa shape index (κ2) is 6.95. The summed E-state index contributed by atoms with van der Waals surface area (Å²) in [6.45, 7) is 5.20. The molecule has 0 bridgehead atoms. The van der Waals surface area contributed by atoms with Crippen LogP contribution in [0.1, 0.15) is 31.7 Å². The van der Waals surface area contributed by atoms with Crippen LogP contribution in [0.2, 0.25) is 0 Å². The third-order valence-electron chi connectivity index (χ3n) is 3.96. The predicted octanol–water partition coefficient (Wildman–Crippen LogP) is 3.87. The zero-order valence-electron chi connectivity index (χ0n) is 13.4. The van der Waals surface area contributed by atoms with Crippen LogP contribution in [0.3, 0.4) is 0 Å². The van der Waals surface area contributed by atoms with Crippen LogP contribution in [-0.4, -0.2) is 28.8 Å². The number of aromatic nitrogens is 2. The van der Waals surface area contributed by atoms with E-state index in [9.17, 15) is 4.79 Å². The first-order valence-corrected chi connectivity index (χ1v) is 8.68. The van der Waals surface area contributed by atoms with E-state index in [0.717, 1.165) is 22.9 Å². The van der Waals surface area contributed by atoms with Gasteiger partial charge in [0.25, 0.3) is 0 Å². The average molecular weight is 331 g/mol. The Hall–Kier alpha value is -2.15. The normalized spacial score (nSPS) is 17.8. The van der Waals surface area contributed by atoms with E-state index in [-0.39, 0.29) is 6.03 Å². The Morgan fingerprint density at radius 2 is 2.17 bits per heavy atom. The van der Waals surface area contributed by atoms with Gasteiger partial charge in [0.15, 0.2) is 0 Å². The van der Waals surface area contributed by atoms with Gasteiger partial charge in [0.1, 0.15) is 0 Å². The first kappa shape index (κ1) is 15.7. The molecule has 1 aromatic carbocycles. The highest BCUT2D eigenvalue weighted by Gasteiger charge is 2.22. The van der Waals surface area contributed by atoms with Gasteiger partial charge in [-0.05, 0) is 50.8 Å². The van der Waals surface area contributed by atoms with E-state index < -0.39 is 0 Å². The first-order valence-electron chi connectivity index (χ1n) is 7.86. The lowest BCUT2D eigenvalue weighted by atomic mass is 10.1. The number of aryl methyl sites for hydroxylation is 1. The minimum atomic E-state index is -0.301. The molecular weight excluding hydrogens is 310 g/mol. The van der Waals surface area contributed by atoms with Crippen molar-refractivity contribution < 1.29 is 4.79 Å². The van der Waals surface area contributed by atoms with E-state index in [1.165, 1.54) is 30.6 Å². The molecule has 3 rings (SSSR count). The van der Waals surface area contributed by atoms with E-state index >= 15 is 0 Å². The smallest absolute Gasteiger partial charge is 0.325 e. The fourth-order valence-electron chi connectivity index (χ4n) is 2.75. The SMILES string of the molecule is Cc1cccc(NC(=O)Nc2nnc(N3CCCCC3C)s2)c1. The van der Waals surface area contributed by atoms with E-state index in [2.05, 4.69) is 32.7 Å². The summed E-state index contributed by atoms with van der Waals surface area (Å²) in [7, 11) is 0. The summed E-state index contributed by atoms with van der Waals surface area (Å²) in [5.74, 6) is 0. The van der Waals surface area contributed by atoms with Gasteiger partial charge in [-0.15, -0.1) is 10.2 Å². The molecule has 0 radical (unpaired) electrons. The van der Waals surface area contributed by atoms with Crippen molar-refractivity contribution in [2.75, 3.05) is 22.1 Å². The molecule has 1 unspecified atom stereocenters. The molecule has 2 N–H and O–H groups in total. The zero-order chi connectivity index (χ0) is 16.2. The molecule has 0 spiro atoms. The number of carbonyl (C=O) groups is 1. The van der Waals surface area contributed by atoms with Gasteiger partial charge in [0, 0.05) is 18.3 Å². The monoisotopic (exact) mass is 331 g/mol. The Morgan fingerprint density at radius 1 is 1.30 bits per heavy atom. The Labute approximate surface area is 139 Å². The standard InChI is InChI=1S/C16H21N5OS/c1-11-6-5-8-13(10-11)17-14(22)18-15-19-20-16(23-15)21-9-4-3-7-12(21)2/h5-6,8,10,12H,3-4,7,9H2,1-2H3,(H2,17,18,19,22). The molecule has 1 aliphatic rings. The molecule has 122 valence electrons. The summed E-state index contributed by atoms with van der Waals surface area (Å²) < 4.78 is 0. The number of urea groups is 1. The van der Waals surface area contributed by atoms with Crippen LogP contribution < -0.4 is 15.5 Å². The number of rotatable bonds is 3. The number of amides is 2. The lowest BCUT2D eigenvalue weighted by molar-refractivity contribution is 0.262. The summed E-state index contributed by atoms with van der Waals surface area (Å²) in [6, 6.07) is 7.84. The number of carbonyl (C=O) groups excluding carboxylic acids is 1. The number of hydrogen-bond donors (Lipinski definition) is 2. The fourth-order valence-corrected chi connectivity index (χ4v) is 3.62. The maximum Gasteiger partial charge on any atom is 0.325 e. The largest absolute Gasteiger partial charge is 0.344 e. The molecule has 1 fully saturated rings. The highest BCUT2D eigenvalue weighted by atomic mass is 32.1. The van der Waals surface area contributed by atoms with E-state index in [4.69, 9.17) is 0 Å². The lowest BCUT2D eigenvalue weighted by Gasteiger charge is -2.32. The summed E-state index contributed by atoms with van der Waals surface area (Å²) in [5, 5.41) is 15.2. The van der Waals surface area contributed by atoms with Crippen molar-refractivity contribution in [3.05, 3.63) is 29.8 Å². The third kappa shape index (κ3) is 3.98. The Morgan fingerprint density at radius 3 is 2.96 bits per heavy atom. The molecule has 1 saturated heterocycles. The molecule has 1 aliphatic heterocycles. The Kier molecular flexibility index (Phi) is 4.76. The van der Waals surface area contributed by atoms with Crippen LogP contribution in [0.25, 0.3) is 0 Å². The number of hydrogen-bond acceptors (Lipinski definition) is 5. The quantitative estimate of drug-likeness (QED) is 0.896. The molecule has 23 heavy (non-hydrogen) atoms. The third-order valence-corrected chi connectivity index (χ3v) is 4.84. The second-order valence-electron chi connectivity index (χ2n) is 5.88. The number of benzene rings is 1. The van der Waals surface area contributed by atoms with Gasteiger partial charge in [0.05, 0.1) is 0 Å². The zero-order valence-corrected chi connectivity index (χ0v) is 14.2. The lowest BCUT2D eigenvalue weighted by Crippen LogP contribution is -2.37. The van der Waals surface area contributed by atoms with Crippen LogP contribution >= 0.6 is 11.3 Å². The molecule has 6 nitrogen and oxygen atoms in total. The first-order chi connectivity index (χ1) is 11.1. The molecule has 0 saturated carbocycles. The van der Waals surface area contributed by atoms with Gasteiger partial charge >= 0.3 is 6.03 Å². The summed E-state index contributed by atoms with van der Waals surface area (Å²) in [4.78, 5) is 14.3. The topological polar surface area (TPSA) is 70.1 Å². The van der Waals surface area contributed by atoms with Gasteiger partial charge in [-0.3, -0.25) is 5.32 Å². The van der Waals surface area contributed by atoms with Crippen LogP contribution in [0.5, 0.6) is 0 Å². The highest BCUT2D eigenvalue weighted by Crippen LogP contribution is 2.29. The number of anilines is 3. The Bertz CT molecular complexity index is 687. The second-order valence-corrected chi connectivity index (χ2v) is 6.83. The maximum absolute atomic E-state index is 12.0. The molecule has 2 amide bonds. The van der Waals surface area contributed by atoms with Gasteiger partial charge in [-0.2, -0.15) is 0 Å². The van der Waals surface area contributed by atoms with Crippen molar-refractivity contribution in [1.82, 2.24) is 10.2 Å². The van der Waals surface area contributed by atoms with Crippen LogP contribution in [-0.2, 0) is 0 Å².